The number of nitrogens with two attached hydrogens (primary N) is 1. The minimum atomic E-state index is 0.0944. The molecule has 2 aromatic rings. The summed E-state index contributed by atoms with van der Waals surface area (Å²) in [6.07, 6.45) is 5.17. The van der Waals surface area contributed by atoms with Crippen LogP contribution in [0.15, 0.2) is 36.7 Å². The number of aromatic nitrogens is 2. The van der Waals surface area contributed by atoms with E-state index in [2.05, 4.69) is 15.3 Å². The van der Waals surface area contributed by atoms with Crippen molar-refractivity contribution < 1.29 is 14.3 Å². The van der Waals surface area contributed by atoms with Crippen LogP contribution in [0.4, 0.5) is 11.4 Å². The number of methoxy groups -OCH3 is 2. The highest BCUT2D eigenvalue weighted by molar-refractivity contribution is 5.93. The summed E-state index contributed by atoms with van der Waals surface area (Å²) < 4.78 is 9.71. The van der Waals surface area contributed by atoms with Gasteiger partial charge in [-0.2, -0.15) is 0 Å². The Hall–Kier alpha value is -2.83. The van der Waals surface area contributed by atoms with E-state index in [4.69, 9.17) is 15.2 Å². The molecule has 7 nitrogen and oxygen atoms in total. The highest BCUT2D eigenvalue weighted by Crippen LogP contribution is 2.30. The monoisotopic (exact) mass is 316 g/mol. The largest absolute Gasteiger partial charge is 0.481 e. The Morgan fingerprint density at radius 1 is 1.09 bits per heavy atom. The summed E-state index contributed by atoms with van der Waals surface area (Å²) in [4.78, 5) is 19.2. The van der Waals surface area contributed by atoms with E-state index >= 15 is 0 Å². The predicted molar refractivity (Wildman–Crippen MR) is 87.3 cm³/mol. The van der Waals surface area contributed by atoms with E-state index in [1.165, 1.54) is 0 Å². The second-order valence-electron chi connectivity index (χ2n) is 4.99. The maximum absolute atomic E-state index is 11.4. The van der Waals surface area contributed by atoms with Crippen molar-refractivity contribution in [2.75, 3.05) is 25.3 Å². The first-order valence-corrected chi connectivity index (χ1v) is 7.19. The van der Waals surface area contributed by atoms with Gasteiger partial charge in [0.2, 0.25) is 17.7 Å². The molecule has 0 saturated heterocycles. The van der Waals surface area contributed by atoms with E-state index in [9.17, 15) is 4.79 Å². The van der Waals surface area contributed by atoms with Gasteiger partial charge in [0.15, 0.2) is 0 Å². The Bertz CT molecular complexity index is 625. The molecule has 0 spiro atoms. The first kappa shape index (κ1) is 16.5. The summed E-state index contributed by atoms with van der Waals surface area (Å²) in [6.45, 7) is 0. The average molecular weight is 316 g/mol. The molecule has 122 valence electrons. The molecule has 0 unspecified atom stereocenters. The lowest BCUT2D eigenvalue weighted by Gasteiger charge is -2.03. The van der Waals surface area contributed by atoms with Crippen molar-refractivity contribution >= 4 is 17.3 Å². The van der Waals surface area contributed by atoms with Crippen molar-refractivity contribution in [3.63, 3.8) is 0 Å². The van der Waals surface area contributed by atoms with Gasteiger partial charge in [-0.25, -0.2) is 9.97 Å². The van der Waals surface area contributed by atoms with Crippen LogP contribution in [0.25, 0.3) is 0 Å². The molecular formula is C16H20N4O3. The van der Waals surface area contributed by atoms with Crippen molar-refractivity contribution in [3.8, 4) is 11.8 Å². The van der Waals surface area contributed by atoms with Gasteiger partial charge in [0.25, 0.3) is 0 Å². The van der Waals surface area contributed by atoms with Crippen LogP contribution < -0.4 is 20.5 Å². The fourth-order valence-electron chi connectivity index (χ4n) is 1.68. The zero-order chi connectivity index (χ0) is 16.7. The molecule has 1 amide bonds. The summed E-state index contributed by atoms with van der Waals surface area (Å²) in [5.74, 6) is 1.45. The number of amides is 1. The fourth-order valence-corrected chi connectivity index (χ4v) is 1.68. The van der Waals surface area contributed by atoms with Crippen LogP contribution in [0, 0.1) is 5.92 Å². The third-order valence-corrected chi connectivity index (χ3v) is 3.13. The highest BCUT2D eigenvalue weighted by atomic mass is 16.5. The number of nitrogen functional groups attached to an aromatic ring is 1. The molecule has 1 saturated carbocycles. The molecule has 2 aromatic heterocycles. The lowest BCUT2D eigenvalue weighted by Crippen LogP contribution is -2.13. The number of carbonyl (C=O) groups is 1. The molecule has 23 heavy (non-hydrogen) atoms. The normalized spacial score (nSPS) is 12.6. The zero-order valence-corrected chi connectivity index (χ0v) is 13.2. The highest BCUT2D eigenvalue weighted by Gasteiger charge is 2.29. The van der Waals surface area contributed by atoms with Gasteiger partial charge in [0.1, 0.15) is 0 Å². The molecule has 0 radical (unpaired) electrons. The fraction of sp³-hybridized carbons (Fsp3) is 0.312. The SMILES string of the molecule is COc1ccc(N)cn1.COc1ccc(NC(=O)C2CC2)cn1. The van der Waals surface area contributed by atoms with Gasteiger partial charge < -0.3 is 20.5 Å². The van der Waals surface area contributed by atoms with Crippen LogP contribution in [-0.4, -0.2) is 30.1 Å². The Kier molecular flexibility index (Phi) is 5.74. The van der Waals surface area contributed by atoms with Crippen molar-refractivity contribution in [2.45, 2.75) is 12.8 Å². The van der Waals surface area contributed by atoms with Gasteiger partial charge in [-0.1, -0.05) is 0 Å². The van der Waals surface area contributed by atoms with E-state index in [0.29, 0.717) is 17.4 Å². The first-order chi connectivity index (χ1) is 11.1. The number of carbonyl (C=O) groups excluding carboxylic acids is 1. The number of nitrogens with zero attached hydrogens (tertiary/aromatic N) is 2. The second kappa shape index (κ2) is 7.98. The van der Waals surface area contributed by atoms with Gasteiger partial charge in [-0.3, -0.25) is 4.79 Å². The number of ether oxygens (including phenoxy) is 2. The van der Waals surface area contributed by atoms with Crippen LogP contribution >= 0.6 is 0 Å². The van der Waals surface area contributed by atoms with Gasteiger partial charge in [0, 0.05) is 18.1 Å². The van der Waals surface area contributed by atoms with Crippen molar-refractivity contribution in [1.82, 2.24) is 9.97 Å². The third kappa shape index (κ3) is 5.46. The maximum Gasteiger partial charge on any atom is 0.227 e. The quantitative estimate of drug-likeness (QED) is 0.896. The second-order valence-corrected chi connectivity index (χ2v) is 4.99. The third-order valence-electron chi connectivity index (χ3n) is 3.13. The van der Waals surface area contributed by atoms with Crippen LogP contribution in [0.2, 0.25) is 0 Å². The molecule has 1 fully saturated rings. The van der Waals surface area contributed by atoms with E-state index in [0.717, 1.165) is 18.5 Å². The number of pyridine rings is 2. The van der Waals surface area contributed by atoms with Gasteiger partial charge >= 0.3 is 0 Å². The summed E-state index contributed by atoms with van der Waals surface area (Å²) >= 11 is 0. The number of nitrogens with one attached hydrogen (secondary N) is 1. The minimum absolute atomic E-state index is 0.0944. The molecule has 1 aliphatic carbocycles. The number of anilines is 2. The van der Waals surface area contributed by atoms with Crippen molar-refractivity contribution in [2.24, 2.45) is 5.92 Å². The predicted octanol–water partition coefficient (Wildman–Crippen LogP) is 2.11. The standard InChI is InChI=1S/C10H12N2O2.C6H8N2O/c1-14-9-5-4-8(6-11-9)12-10(13)7-2-3-7;1-9-6-3-2-5(7)4-8-6/h4-7H,2-3H2,1H3,(H,12,13);2-4H,7H2,1H3. The number of rotatable bonds is 4. The topological polar surface area (TPSA) is 99.4 Å². The van der Waals surface area contributed by atoms with Crippen molar-refractivity contribution in [1.29, 1.82) is 0 Å². The molecular weight excluding hydrogens is 296 g/mol. The Balaban J connectivity index is 0.000000185. The summed E-state index contributed by atoms with van der Waals surface area (Å²) in [7, 11) is 3.13. The molecule has 3 rings (SSSR count). The smallest absolute Gasteiger partial charge is 0.227 e. The molecule has 0 aromatic carbocycles. The zero-order valence-electron chi connectivity index (χ0n) is 13.2. The molecule has 0 aliphatic heterocycles. The van der Waals surface area contributed by atoms with Crippen molar-refractivity contribution in [3.05, 3.63) is 36.7 Å². The Morgan fingerprint density at radius 3 is 2.13 bits per heavy atom. The van der Waals surface area contributed by atoms with Crippen LogP contribution in [0.5, 0.6) is 11.8 Å². The Morgan fingerprint density at radius 2 is 1.70 bits per heavy atom. The minimum Gasteiger partial charge on any atom is -0.481 e. The van der Waals surface area contributed by atoms with E-state index in [-0.39, 0.29) is 11.8 Å². The molecule has 2 heterocycles. The van der Waals surface area contributed by atoms with Crippen LogP contribution in [-0.2, 0) is 4.79 Å². The molecule has 7 heteroatoms. The van der Waals surface area contributed by atoms with Gasteiger partial charge in [-0.05, 0) is 25.0 Å². The Labute approximate surface area is 134 Å². The average Bonchev–Trinajstić information content (AvgIpc) is 3.42. The van der Waals surface area contributed by atoms with Crippen LogP contribution in [0.3, 0.4) is 0 Å². The lowest BCUT2D eigenvalue weighted by atomic mass is 10.3. The summed E-state index contributed by atoms with van der Waals surface area (Å²) in [5.41, 5.74) is 6.74. The molecule has 1 aliphatic rings. The first-order valence-electron chi connectivity index (χ1n) is 7.19. The maximum atomic E-state index is 11.4. The van der Waals surface area contributed by atoms with E-state index in [1.54, 1.807) is 50.9 Å². The van der Waals surface area contributed by atoms with Gasteiger partial charge in [-0.15, -0.1) is 0 Å². The molecule has 0 bridgehead atoms. The summed E-state index contributed by atoms with van der Waals surface area (Å²) in [5, 5.41) is 2.80. The number of hydrogen-bond acceptors (Lipinski definition) is 6. The lowest BCUT2D eigenvalue weighted by molar-refractivity contribution is -0.117. The molecule has 3 N–H and O–H groups in total. The number of hydrogen-bond donors (Lipinski definition) is 2. The van der Waals surface area contributed by atoms with E-state index in [1.807, 2.05) is 0 Å². The van der Waals surface area contributed by atoms with Crippen LogP contribution in [0.1, 0.15) is 12.8 Å². The van der Waals surface area contributed by atoms with Gasteiger partial charge in [0.05, 0.1) is 38.0 Å². The summed E-state index contributed by atoms with van der Waals surface area (Å²) in [6, 6.07) is 6.97. The molecule has 0 atom stereocenters. The van der Waals surface area contributed by atoms with E-state index < -0.39 is 0 Å².